The second kappa shape index (κ2) is 8.62. The van der Waals surface area contributed by atoms with Crippen molar-refractivity contribution >= 4 is 29.3 Å². The van der Waals surface area contributed by atoms with Gasteiger partial charge in [0.2, 0.25) is 5.91 Å². The van der Waals surface area contributed by atoms with Gasteiger partial charge in [-0.15, -0.1) is 0 Å². The molecule has 1 aliphatic rings. The number of aromatic nitrogens is 2. The van der Waals surface area contributed by atoms with E-state index in [9.17, 15) is 9.59 Å². The summed E-state index contributed by atoms with van der Waals surface area (Å²) in [6.07, 6.45) is 6.63. The zero-order chi connectivity index (χ0) is 17.5. The number of piperidine rings is 1. The first-order chi connectivity index (χ1) is 12.2. The topological polar surface area (TPSA) is 75.2 Å². The van der Waals surface area contributed by atoms with Gasteiger partial charge in [-0.3, -0.25) is 9.59 Å². The number of nitrogens with zero attached hydrogens (tertiary/aromatic N) is 3. The summed E-state index contributed by atoms with van der Waals surface area (Å²) in [5.74, 6) is 0.167. The van der Waals surface area contributed by atoms with E-state index in [1.165, 1.54) is 18.2 Å². The van der Waals surface area contributed by atoms with Crippen LogP contribution in [0.25, 0.3) is 0 Å². The summed E-state index contributed by atoms with van der Waals surface area (Å²) in [4.78, 5) is 34.4. The monoisotopic (exact) mass is 356 g/mol. The van der Waals surface area contributed by atoms with Crippen molar-refractivity contribution in [2.24, 2.45) is 0 Å². The molecule has 0 atom stereocenters. The predicted octanol–water partition coefficient (Wildman–Crippen LogP) is 2.83. The van der Waals surface area contributed by atoms with Crippen LogP contribution in [0.15, 0.2) is 47.9 Å². The second-order valence-corrected chi connectivity index (χ2v) is 6.74. The first-order valence-corrected chi connectivity index (χ1v) is 9.30. The van der Waals surface area contributed by atoms with Crippen molar-refractivity contribution in [1.82, 2.24) is 14.9 Å². The number of rotatable bonds is 5. The van der Waals surface area contributed by atoms with Crippen LogP contribution in [0.2, 0.25) is 0 Å². The summed E-state index contributed by atoms with van der Waals surface area (Å²) in [5, 5.41) is 3.39. The van der Waals surface area contributed by atoms with E-state index in [0.717, 1.165) is 25.9 Å². The van der Waals surface area contributed by atoms with E-state index in [1.54, 1.807) is 42.7 Å². The lowest BCUT2D eigenvalue weighted by atomic mass is 10.1. The summed E-state index contributed by atoms with van der Waals surface area (Å²) in [6.45, 7) is 1.66. The van der Waals surface area contributed by atoms with Crippen molar-refractivity contribution in [2.75, 3.05) is 24.2 Å². The zero-order valence-corrected chi connectivity index (χ0v) is 14.7. The smallest absolute Gasteiger partial charge is 0.253 e. The van der Waals surface area contributed by atoms with Crippen molar-refractivity contribution in [2.45, 2.75) is 24.4 Å². The molecule has 7 heteroatoms. The minimum absolute atomic E-state index is 0.0642. The molecule has 0 unspecified atom stereocenters. The highest BCUT2D eigenvalue weighted by Crippen LogP contribution is 2.16. The van der Waals surface area contributed by atoms with Gasteiger partial charge < -0.3 is 10.2 Å². The highest BCUT2D eigenvalue weighted by molar-refractivity contribution is 7.99. The van der Waals surface area contributed by atoms with Gasteiger partial charge in [0.15, 0.2) is 5.16 Å². The third-order valence-corrected chi connectivity index (χ3v) is 4.81. The number of nitrogens with one attached hydrogen (secondary N) is 1. The van der Waals surface area contributed by atoms with Gasteiger partial charge >= 0.3 is 0 Å². The lowest BCUT2D eigenvalue weighted by Gasteiger charge is -2.26. The van der Waals surface area contributed by atoms with Crippen molar-refractivity contribution in [3.63, 3.8) is 0 Å². The number of thioether (sulfide) groups is 1. The maximum atomic E-state index is 12.4. The normalized spacial score (nSPS) is 14.2. The number of anilines is 1. The van der Waals surface area contributed by atoms with Gasteiger partial charge in [-0.05, 0) is 49.6 Å². The molecular weight excluding hydrogens is 336 g/mol. The predicted molar refractivity (Wildman–Crippen MR) is 97.6 cm³/mol. The van der Waals surface area contributed by atoms with Gasteiger partial charge in [0.25, 0.3) is 5.91 Å². The number of amides is 2. The largest absolute Gasteiger partial charge is 0.339 e. The molecule has 0 bridgehead atoms. The molecule has 1 saturated heterocycles. The minimum atomic E-state index is -0.132. The SMILES string of the molecule is O=C(CSc1ncccn1)Nc1ccc(C(=O)N2CCCCC2)cc1. The number of carbonyl (C=O) groups is 2. The molecule has 6 nitrogen and oxygen atoms in total. The molecule has 0 aliphatic carbocycles. The van der Waals surface area contributed by atoms with Crippen LogP contribution in [-0.4, -0.2) is 45.5 Å². The number of likely N-dealkylation sites (tertiary alicyclic amines) is 1. The van der Waals surface area contributed by atoms with Gasteiger partial charge in [-0.2, -0.15) is 0 Å². The van der Waals surface area contributed by atoms with Crippen molar-refractivity contribution in [3.05, 3.63) is 48.3 Å². The minimum Gasteiger partial charge on any atom is -0.339 e. The quantitative estimate of drug-likeness (QED) is 0.659. The van der Waals surface area contributed by atoms with E-state index in [1.807, 2.05) is 4.90 Å². The molecule has 0 saturated carbocycles. The number of benzene rings is 1. The van der Waals surface area contributed by atoms with Gasteiger partial charge in [-0.1, -0.05) is 11.8 Å². The van der Waals surface area contributed by atoms with Crippen LogP contribution in [0.4, 0.5) is 5.69 Å². The lowest BCUT2D eigenvalue weighted by molar-refractivity contribution is -0.113. The summed E-state index contributed by atoms with van der Waals surface area (Å²) < 4.78 is 0. The average molecular weight is 356 g/mol. The summed E-state index contributed by atoms with van der Waals surface area (Å²) in [5.41, 5.74) is 1.33. The molecule has 1 fully saturated rings. The van der Waals surface area contributed by atoms with Crippen LogP contribution < -0.4 is 5.32 Å². The molecule has 1 aromatic heterocycles. The van der Waals surface area contributed by atoms with Crippen LogP contribution >= 0.6 is 11.8 Å². The standard InChI is InChI=1S/C18H20N4O2S/c23-16(13-25-18-19-9-4-10-20-18)21-15-7-5-14(6-8-15)17(24)22-11-2-1-3-12-22/h4-10H,1-3,11-13H2,(H,21,23). The molecule has 1 N–H and O–H groups in total. The second-order valence-electron chi connectivity index (χ2n) is 5.80. The van der Waals surface area contributed by atoms with E-state index < -0.39 is 0 Å². The van der Waals surface area contributed by atoms with Crippen LogP contribution in [0.1, 0.15) is 29.6 Å². The highest BCUT2D eigenvalue weighted by atomic mass is 32.2. The molecular formula is C18H20N4O2S. The third kappa shape index (κ3) is 5.03. The number of carbonyl (C=O) groups excluding carboxylic acids is 2. The molecule has 3 rings (SSSR count). The summed E-state index contributed by atoms with van der Waals surface area (Å²) in [6, 6.07) is 8.79. The maximum Gasteiger partial charge on any atom is 0.253 e. The molecule has 2 heterocycles. The fourth-order valence-corrected chi connectivity index (χ4v) is 3.27. The van der Waals surface area contributed by atoms with E-state index in [4.69, 9.17) is 0 Å². The number of hydrogen-bond acceptors (Lipinski definition) is 5. The van der Waals surface area contributed by atoms with Gasteiger partial charge in [0, 0.05) is 36.7 Å². The molecule has 1 aromatic carbocycles. The van der Waals surface area contributed by atoms with Crippen LogP contribution in [0.3, 0.4) is 0 Å². The van der Waals surface area contributed by atoms with E-state index in [-0.39, 0.29) is 17.6 Å². The van der Waals surface area contributed by atoms with Gasteiger partial charge in [0.05, 0.1) is 5.75 Å². The van der Waals surface area contributed by atoms with Crippen molar-refractivity contribution in [1.29, 1.82) is 0 Å². The van der Waals surface area contributed by atoms with E-state index >= 15 is 0 Å². The van der Waals surface area contributed by atoms with E-state index in [2.05, 4.69) is 15.3 Å². The van der Waals surface area contributed by atoms with Gasteiger partial charge in [0.1, 0.15) is 0 Å². The van der Waals surface area contributed by atoms with E-state index in [0.29, 0.717) is 16.4 Å². The Labute approximate surface area is 151 Å². The average Bonchev–Trinajstić information content (AvgIpc) is 2.68. The summed E-state index contributed by atoms with van der Waals surface area (Å²) >= 11 is 1.28. The molecule has 1 aliphatic heterocycles. The molecule has 25 heavy (non-hydrogen) atoms. The molecule has 2 aromatic rings. The molecule has 0 radical (unpaired) electrons. The van der Waals surface area contributed by atoms with Gasteiger partial charge in [-0.25, -0.2) is 9.97 Å². The molecule has 0 spiro atoms. The Balaban J connectivity index is 1.51. The fraction of sp³-hybridized carbons (Fsp3) is 0.333. The third-order valence-electron chi connectivity index (χ3n) is 3.93. The Morgan fingerprint density at radius 2 is 1.72 bits per heavy atom. The zero-order valence-electron chi connectivity index (χ0n) is 13.9. The Morgan fingerprint density at radius 3 is 2.40 bits per heavy atom. The first kappa shape index (κ1) is 17.4. The Bertz CT molecular complexity index is 716. The van der Waals surface area contributed by atoms with Crippen LogP contribution in [0, 0.1) is 0 Å². The maximum absolute atomic E-state index is 12.4. The summed E-state index contributed by atoms with van der Waals surface area (Å²) in [7, 11) is 0. The molecule has 2 amide bonds. The Kier molecular flexibility index (Phi) is 6.00. The van der Waals surface area contributed by atoms with Crippen LogP contribution in [0.5, 0.6) is 0 Å². The van der Waals surface area contributed by atoms with Crippen molar-refractivity contribution < 1.29 is 9.59 Å². The lowest BCUT2D eigenvalue weighted by Crippen LogP contribution is -2.35. The highest BCUT2D eigenvalue weighted by Gasteiger charge is 2.18. The Hall–Kier alpha value is -2.41. The fourth-order valence-electron chi connectivity index (χ4n) is 2.66. The first-order valence-electron chi connectivity index (χ1n) is 8.31. The van der Waals surface area contributed by atoms with Crippen LogP contribution in [-0.2, 0) is 4.79 Å². The molecule has 130 valence electrons. The number of hydrogen-bond donors (Lipinski definition) is 1. The Morgan fingerprint density at radius 1 is 1.04 bits per heavy atom. The van der Waals surface area contributed by atoms with Crippen molar-refractivity contribution in [3.8, 4) is 0 Å².